The molecule has 3 aromatic rings. The smallest absolute Gasteiger partial charge is 0.254 e. The first-order valence-corrected chi connectivity index (χ1v) is 11.7. The van der Waals surface area contributed by atoms with E-state index in [0.29, 0.717) is 25.1 Å². The predicted octanol–water partition coefficient (Wildman–Crippen LogP) is 4.36. The maximum Gasteiger partial charge on any atom is 0.254 e. The zero-order chi connectivity index (χ0) is 22.6. The topological polar surface area (TPSA) is 43.9 Å². The summed E-state index contributed by atoms with van der Waals surface area (Å²) in [5.74, 6) is 0.181. The number of carbonyl (C=O) groups excluding carboxylic acids is 2. The highest BCUT2D eigenvalue weighted by Crippen LogP contribution is 2.30. The Bertz CT molecular complexity index is 1070. The van der Waals surface area contributed by atoms with Gasteiger partial charge in [0.25, 0.3) is 5.91 Å². The minimum Gasteiger partial charge on any atom is -0.336 e. The molecule has 2 saturated heterocycles. The molecule has 0 N–H and O–H groups in total. The summed E-state index contributed by atoms with van der Waals surface area (Å²) < 4.78 is 0. The van der Waals surface area contributed by atoms with Gasteiger partial charge in [-0.1, -0.05) is 66.7 Å². The number of amides is 2. The number of nitrogens with zero attached hydrogens (tertiary/aromatic N) is 3. The van der Waals surface area contributed by atoms with Crippen LogP contribution in [0, 0.1) is 0 Å². The normalized spacial score (nSPS) is 17.1. The number of hydrogen-bond donors (Lipinski definition) is 0. The largest absolute Gasteiger partial charge is 0.336 e. The number of rotatable bonds is 5. The first kappa shape index (κ1) is 21.4. The lowest BCUT2D eigenvalue weighted by molar-refractivity contribution is -0.117. The van der Waals surface area contributed by atoms with Crippen LogP contribution in [0.4, 0.5) is 5.69 Å². The third-order valence-electron chi connectivity index (χ3n) is 6.68. The van der Waals surface area contributed by atoms with E-state index in [-0.39, 0.29) is 17.9 Å². The lowest BCUT2D eigenvalue weighted by Crippen LogP contribution is -2.49. The molecule has 2 fully saturated rings. The zero-order valence-corrected chi connectivity index (χ0v) is 18.8. The average Bonchev–Trinajstić information content (AvgIpc) is 3.31. The van der Waals surface area contributed by atoms with Crippen LogP contribution in [0.5, 0.6) is 0 Å². The standard InChI is InChI=1S/C28H29N3O2/c32-26-15-8-16-31(26)25-14-7-13-24(21-25)28(33)30-19-17-29(18-20-30)27(22-9-3-1-4-10-22)23-11-5-2-6-12-23/h1-7,9-14,21,27H,8,15-20H2. The van der Waals surface area contributed by atoms with Gasteiger partial charge in [-0.15, -0.1) is 0 Å². The molecule has 168 valence electrons. The molecule has 33 heavy (non-hydrogen) atoms. The Morgan fingerprint density at radius 1 is 0.727 bits per heavy atom. The Morgan fingerprint density at radius 3 is 1.94 bits per heavy atom. The van der Waals surface area contributed by atoms with E-state index >= 15 is 0 Å². The van der Waals surface area contributed by atoms with Gasteiger partial charge in [-0.25, -0.2) is 0 Å². The van der Waals surface area contributed by atoms with E-state index in [1.165, 1.54) is 11.1 Å². The van der Waals surface area contributed by atoms with Crippen LogP contribution in [0.1, 0.15) is 40.4 Å². The Hall–Kier alpha value is -3.44. The van der Waals surface area contributed by atoms with E-state index in [0.717, 1.165) is 31.7 Å². The molecule has 0 bridgehead atoms. The van der Waals surface area contributed by atoms with Gasteiger partial charge in [-0.2, -0.15) is 0 Å². The summed E-state index contributed by atoms with van der Waals surface area (Å²) in [6, 6.07) is 28.9. The van der Waals surface area contributed by atoms with Crippen molar-refractivity contribution in [3.8, 4) is 0 Å². The van der Waals surface area contributed by atoms with Gasteiger partial charge in [-0.05, 0) is 35.7 Å². The van der Waals surface area contributed by atoms with Crippen molar-refractivity contribution in [1.29, 1.82) is 0 Å². The van der Waals surface area contributed by atoms with Gasteiger partial charge in [0.1, 0.15) is 0 Å². The quantitative estimate of drug-likeness (QED) is 0.593. The molecule has 0 atom stereocenters. The third-order valence-corrected chi connectivity index (χ3v) is 6.68. The van der Waals surface area contributed by atoms with E-state index in [2.05, 4.69) is 53.4 Å². The second kappa shape index (κ2) is 9.59. The minimum atomic E-state index is 0.0409. The van der Waals surface area contributed by atoms with Crippen molar-refractivity contribution in [2.75, 3.05) is 37.6 Å². The van der Waals surface area contributed by atoms with Crippen molar-refractivity contribution >= 4 is 17.5 Å². The first-order chi connectivity index (χ1) is 16.2. The van der Waals surface area contributed by atoms with E-state index in [4.69, 9.17) is 0 Å². The van der Waals surface area contributed by atoms with Gasteiger partial charge in [0.2, 0.25) is 5.91 Å². The molecule has 0 radical (unpaired) electrons. The molecule has 5 rings (SSSR count). The highest BCUT2D eigenvalue weighted by atomic mass is 16.2. The maximum absolute atomic E-state index is 13.3. The molecule has 0 aliphatic carbocycles. The van der Waals surface area contributed by atoms with Crippen molar-refractivity contribution in [3.63, 3.8) is 0 Å². The van der Waals surface area contributed by atoms with Gasteiger partial charge in [0.15, 0.2) is 0 Å². The Morgan fingerprint density at radius 2 is 1.36 bits per heavy atom. The molecule has 2 amide bonds. The Kier molecular flexibility index (Phi) is 6.22. The highest BCUT2D eigenvalue weighted by Gasteiger charge is 2.29. The SMILES string of the molecule is O=C(c1cccc(N2CCCC2=O)c1)N1CCN(C(c2ccccc2)c2ccccc2)CC1. The number of piperazine rings is 1. The minimum absolute atomic E-state index is 0.0409. The lowest BCUT2D eigenvalue weighted by Gasteiger charge is -2.40. The van der Waals surface area contributed by atoms with Crippen LogP contribution >= 0.6 is 0 Å². The summed E-state index contributed by atoms with van der Waals surface area (Å²) >= 11 is 0. The summed E-state index contributed by atoms with van der Waals surface area (Å²) in [4.78, 5) is 31.6. The fourth-order valence-corrected chi connectivity index (χ4v) is 4.98. The molecule has 0 unspecified atom stereocenters. The molecule has 3 aromatic carbocycles. The Balaban J connectivity index is 1.30. The number of anilines is 1. The van der Waals surface area contributed by atoms with Crippen LogP contribution < -0.4 is 4.90 Å². The van der Waals surface area contributed by atoms with Crippen molar-refractivity contribution < 1.29 is 9.59 Å². The van der Waals surface area contributed by atoms with E-state index in [1.807, 2.05) is 41.3 Å². The van der Waals surface area contributed by atoms with Crippen LogP contribution in [-0.2, 0) is 4.79 Å². The fraction of sp³-hybridized carbons (Fsp3) is 0.286. The summed E-state index contributed by atoms with van der Waals surface area (Å²) in [6.45, 7) is 3.72. The van der Waals surface area contributed by atoms with Gasteiger partial charge in [-0.3, -0.25) is 14.5 Å². The molecule has 2 aliphatic rings. The number of benzene rings is 3. The molecule has 5 nitrogen and oxygen atoms in total. The molecular weight excluding hydrogens is 410 g/mol. The van der Waals surface area contributed by atoms with Crippen molar-refractivity contribution in [1.82, 2.24) is 9.80 Å². The fourth-order valence-electron chi connectivity index (χ4n) is 4.98. The molecule has 0 spiro atoms. The van der Waals surface area contributed by atoms with Gasteiger partial charge < -0.3 is 9.80 Å². The van der Waals surface area contributed by atoms with E-state index in [1.54, 1.807) is 4.90 Å². The van der Waals surface area contributed by atoms with Crippen molar-refractivity contribution in [2.45, 2.75) is 18.9 Å². The van der Waals surface area contributed by atoms with E-state index < -0.39 is 0 Å². The van der Waals surface area contributed by atoms with E-state index in [9.17, 15) is 9.59 Å². The first-order valence-electron chi connectivity index (χ1n) is 11.7. The molecule has 2 heterocycles. The van der Waals surface area contributed by atoms with Gasteiger partial charge in [0.05, 0.1) is 6.04 Å². The van der Waals surface area contributed by atoms with Crippen LogP contribution in [0.3, 0.4) is 0 Å². The average molecular weight is 440 g/mol. The second-order valence-corrected chi connectivity index (χ2v) is 8.75. The summed E-state index contributed by atoms with van der Waals surface area (Å²) in [6.07, 6.45) is 1.47. The third kappa shape index (κ3) is 4.55. The maximum atomic E-state index is 13.3. The van der Waals surface area contributed by atoms with Gasteiger partial charge in [0, 0.05) is 50.4 Å². The van der Waals surface area contributed by atoms with Crippen LogP contribution in [0.25, 0.3) is 0 Å². The predicted molar refractivity (Wildman–Crippen MR) is 130 cm³/mol. The summed E-state index contributed by atoms with van der Waals surface area (Å²) in [5, 5.41) is 0. The molecule has 5 heteroatoms. The lowest BCUT2D eigenvalue weighted by atomic mass is 9.96. The molecular formula is C28H29N3O2. The Labute approximate surface area is 195 Å². The van der Waals surface area contributed by atoms with Gasteiger partial charge >= 0.3 is 0 Å². The van der Waals surface area contributed by atoms with Crippen LogP contribution in [0.2, 0.25) is 0 Å². The zero-order valence-electron chi connectivity index (χ0n) is 18.8. The van der Waals surface area contributed by atoms with Crippen LogP contribution in [-0.4, -0.2) is 54.3 Å². The highest BCUT2D eigenvalue weighted by molar-refractivity contribution is 5.99. The molecule has 2 aliphatic heterocycles. The summed E-state index contributed by atoms with van der Waals surface area (Å²) in [7, 11) is 0. The molecule has 0 aromatic heterocycles. The second-order valence-electron chi connectivity index (χ2n) is 8.75. The van der Waals surface area contributed by atoms with Crippen molar-refractivity contribution in [2.24, 2.45) is 0 Å². The van der Waals surface area contributed by atoms with Crippen LogP contribution in [0.15, 0.2) is 84.9 Å². The molecule has 0 saturated carbocycles. The summed E-state index contributed by atoms with van der Waals surface area (Å²) in [5.41, 5.74) is 4.02. The number of hydrogen-bond acceptors (Lipinski definition) is 3. The monoisotopic (exact) mass is 439 g/mol. The number of carbonyl (C=O) groups is 2. The van der Waals surface area contributed by atoms with Crippen molar-refractivity contribution in [3.05, 3.63) is 102 Å².